The van der Waals surface area contributed by atoms with Crippen LogP contribution in [0.3, 0.4) is 0 Å². The minimum atomic E-state index is -0.155. The van der Waals surface area contributed by atoms with E-state index in [4.69, 9.17) is 0 Å². The maximum Gasteiger partial charge on any atom is 0.252 e. The van der Waals surface area contributed by atoms with Gasteiger partial charge < -0.3 is 21.3 Å². The van der Waals surface area contributed by atoms with Gasteiger partial charge in [-0.3, -0.25) is 19.6 Å². The average molecular weight is 396 g/mol. The molecule has 0 saturated carbocycles. The zero-order valence-corrected chi connectivity index (χ0v) is 16.9. The first-order chi connectivity index (χ1) is 14.1. The van der Waals surface area contributed by atoms with E-state index in [-0.39, 0.29) is 11.8 Å². The van der Waals surface area contributed by atoms with E-state index in [9.17, 15) is 9.59 Å². The third-order valence-corrected chi connectivity index (χ3v) is 4.06. The number of carbonyl (C=O) groups is 2. The summed E-state index contributed by atoms with van der Waals surface area (Å²) in [6, 6.07) is 11.0. The van der Waals surface area contributed by atoms with E-state index in [2.05, 4.69) is 31.2 Å². The highest BCUT2D eigenvalue weighted by Gasteiger charge is 2.05. The number of aliphatic imine (C=N–C) groups is 1. The summed E-state index contributed by atoms with van der Waals surface area (Å²) in [6.45, 7) is 4.32. The van der Waals surface area contributed by atoms with E-state index in [0.29, 0.717) is 36.7 Å². The molecule has 1 aromatic carbocycles. The van der Waals surface area contributed by atoms with Gasteiger partial charge in [-0.2, -0.15) is 0 Å². The molecule has 0 aliphatic rings. The fourth-order valence-corrected chi connectivity index (χ4v) is 2.61. The number of pyridine rings is 1. The van der Waals surface area contributed by atoms with Gasteiger partial charge >= 0.3 is 0 Å². The molecule has 0 atom stereocenters. The van der Waals surface area contributed by atoms with Gasteiger partial charge in [0.05, 0.1) is 5.56 Å². The molecule has 0 bridgehead atoms. The predicted molar refractivity (Wildman–Crippen MR) is 114 cm³/mol. The zero-order chi connectivity index (χ0) is 20.9. The highest BCUT2D eigenvalue weighted by atomic mass is 16.2. The number of hydrogen-bond donors (Lipinski definition) is 4. The third kappa shape index (κ3) is 7.61. The molecule has 0 spiro atoms. The van der Waals surface area contributed by atoms with Crippen molar-refractivity contribution in [3.63, 3.8) is 0 Å². The van der Waals surface area contributed by atoms with Crippen LogP contribution in [0.2, 0.25) is 0 Å². The number of hydrogen-bond acceptors (Lipinski definition) is 4. The Bertz CT molecular complexity index is 823. The first-order valence-corrected chi connectivity index (χ1v) is 9.65. The van der Waals surface area contributed by atoms with Gasteiger partial charge in [-0.05, 0) is 43.2 Å². The normalized spacial score (nSPS) is 10.9. The molecule has 2 aromatic rings. The van der Waals surface area contributed by atoms with Crippen LogP contribution >= 0.6 is 0 Å². The highest BCUT2D eigenvalue weighted by Crippen LogP contribution is 2.06. The SMILES string of the molecule is CCNC(=NCCc1cccc(C(=O)NC)c1)NCCNC(=O)c1cccnc1. The van der Waals surface area contributed by atoms with Crippen LogP contribution in [-0.2, 0) is 6.42 Å². The smallest absolute Gasteiger partial charge is 0.252 e. The second-order valence-corrected chi connectivity index (χ2v) is 6.21. The van der Waals surface area contributed by atoms with Crippen LogP contribution in [0, 0.1) is 0 Å². The lowest BCUT2D eigenvalue weighted by atomic mass is 10.1. The van der Waals surface area contributed by atoms with E-state index < -0.39 is 0 Å². The average Bonchev–Trinajstić information content (AvgIpc) is 2.76. The fraction of sp³-hybridized carbons (Fsp3) is 0.333. The quantitative estimate of drug-likeness (QED) is 0.287. The zero-order valence-electron chi connectivity index (χ0n) is 16.9. The van der Waals surface area contributed by atoms with Gasteiger partial charge in [-0.25, -0.2) is 0 Å². The lowest BCUT2D eigenvalue weighted by Gasteiger charge is -2.12. The summed E-state index contributed by atoms with van der Waals surface area (Å²) in [4.78, 5) is 32.2. The molecule has 0 saturated heterocycles. The molecule has 4 N–H and O–H groups in total. The summed E-state index contributed by atoms with van der Waals surface area (Å²) >= 11 is 0. The maximum atomic E-state index is 12.0. The Kier molecular flexibility index (Phi) is 9.14. The number of nitrogens with zero attached hydrogens (tertiary/aromatic N) is 2. The number of carbonyl (C=O) groups excluding carboxylic acids is 2. The van der Waals surface area contributed by atoms with Crippen molar-refractivity contribution in [1.82, 2.24) is 26.3 Å². The van der Waals surface area contributed by atoms with Gasteiger partial charge in [0.2, 0.25) is 0 Å². The fourth-order valence-electron chi connectivity index (χ4n) is 2.61. The van der Waals surface area contributed by atoms with Crippen molar-refractivity contribution in [2.75, 3.05) is 33.2 Å². The van der Waals surface area contributed by atoms with Gasteiger partial charge in [0.1, 0.15) is 0 Å². The van der Waals surface area contributed by atoms with Crippen LogP contribution in [0.4, 0.5) is 0 Å². The lowest BCUT2D eigenvalue weighted by Crippen LogP contribution is -2.41. The Morgan fingerprint density at radius 2 is 1.79 bits per heavy atom. The van der Waals surface area contributed by atoms with Crippen molar-refractivity contribution in [2.45, 2.75) is 13.3 Å². The van der Waals surface area contributed by atoms with Crippen LogP contribution in [-0.4, -0.2) is 56.0 Å². The Labute approximate surface area is 171 Å². The van der Waals surface area contributed by atoms with Crippen molar-refractivity contribution in [2.24, 2.45) is 4.99 Å². The Morgan fingerprint density at radius 3 is 2.52 bits per heavy atom. The topological polar surface area (TPSA) is 108 Å². The molecule has 1 heterocycles. The summed E-state index contributed by atoms with van der Waals surface area (Å²) in [6.07, 6.45) is 3.89. The molecule has 0 aliphatic heterocycles. The molecular formula is C21H28N6O2. The summed E-state index contributed by atoms with van der Waals surface area (Å²) in [5.41, 5.74) is 2.23. The maximum absolute atomic E-state index is 12.0. The molecule has 2 rings (SSSR count). The predicted octanol–water partition coefficient (Wildman–Crippen LogP) is 0.969. The summed E-state index contributed by atoms with van der Waals surface area (Å²) in [7, 11) is 1.62. The lowest BCUT2D eigenvalue weighted by molar-refractivity contribution is 0.0949. The second-order valence-electron chi connectivity index (χ2n) is 6.21. The van der Waals surface area contributed by atoms with E-state index in [0.717, 1.165) is 18.5 Å². The first-order valence-electron chi connectivity index (χ1n) is 9.65. The van der Waals surface area contributed by atoms with Gasteiger partial charge in [0.15, 0.2) is 5.96 Å². The van der Waals surface area contributed by atoms with E-state index in [1.807, 2.05) is 25.1 Å². The van der Waals surface area contributed by atoms with Crippen molar-refractivity contribution in [1.29, 1.82) is 0 Å². The molecule has 0 radical (unpaired) electrons. The number of benzene rings is 1. The molecular weight excluding hydrogens is 368 g/mol. The summed E-state index contributed by atoms with van der Waals surface area (Å²) in [5, 5.41) is 11.8. The summed E-state index contributed by atoms with van der Waals surface area (Å²) in [5.74, 6) is 0.433. The molecule has 0 aliphatic carbocycles. The second kappa shape index (κ2) is 12.1. The molecule has 8 heteroatoms. The molecule has 154 valence electrons. The molecule has 0 fully saturated rings. The molecule has 29 heavy (non-hydrogen) atoms. The van der Waals surface area contributed by atoms with Crippen molar-refractivity contribution >= 4 is 17.8 Å². The van der Waals surface area contributed by atoms with Crippen LogP contribution in [0.5, 0.6) is 0 Å². The monoisotopic (exact) mass is 396 g/mol. The summed E-state index contributed by atoms with van der Waals surface area (Å²) < 4.78 is 0. The van der Waals surface area contributed by atoms with E-state index in [1.54, 1.807) is 31.4 Å². The Hall–Kier alpha value is -3.42. The van der Waals surface area contributed by atoms with E-state index in [1.165, 1.54) is 6.20 Å². The van der Waals surface area contributed by atoms with Crippen LogP contribution in [0.15, 0.2) is 53.8 Å². The van der Waals surface area contributed by atoms with Crippen LogP contribution in [0.25, 0.3) is 0 Å². The van der Waals surface area contributed by atoms with Crippen LogP contribution < -0.4 is 21.3 Å². The standard InChI is InChI=1S/C21H28N6O2/c1-3-24-21(27-13-12-25-20(29)18-8-5-10-23-15-18)26-11-9-16-6-4-7-17(14-16)19(28)22-2/h4-8,10,14-15H,3,9,11-13H2,1-2H3,(H,22,28)(H,25,29)(H2,24,26,27). The molecule has 2 amide bonds. The molecule has 1 aromatic heterocycles. The van der Waals surface area contributed by atoms with E-state index >= 15 is 0 Å². The van der Waals surface area contributed by atoms with Gasteiger partial charge in [0, 0.05) is 51.2 Å². The minimum absolute atomic E-state index is 0.0984. The minimum Gasteiger partial charge on any atom is -0.357 e. The van der Waals surface area contributed by atoms with Crippen molar-refractivity contribution < 1.29 is 9.59 Å². The number of amides is 2. The number of aromatic nitrogens is 1. The number of rotatable bonds is 9. The highest BCUT2D eigenvalue weighted by molar-refractivity contribution is 5.94. The molecule has 8 nitrogen and oxygen atoms in total. The van der Waals surface area contributed by atoms with Crippen molar-refractivity contribution in [3.8, 4) is 0 Å². The largest absolute Gasteiger partial charge is 0.357 e. The van der Waals surface area contributed by atoms with Crippen molar-refractivity contribution in [3.05, 3.63) is 65.5 Å². The Morgan fingerprint density at radius 1 is 1.00 bits per heavy atom. The van der Waals surface area contributed by atoms with Gasteiger partial charge in [0.25, 0.3) is 11.8 Å². The number of guanidine groups is 1. The molecule has 0 unspecified atom stereocenters. The first kappa shape index (κ1) is 21.9. The Balaban J connectivity index is 1.79. The van der Waals surface area contributed by atoms with Gasteiger partial charge in [-0.1, -0.05) is 12.1 Å². The number of nitrogens with one attached hydrogen (secondary N) is 4. The third-order valence-electron chi connectivity index (χ3n) is 4.06. The van der Waals surface area contributed by atoms with Crippen LogP contribution in [0.1, 0.15) is 33.2 Å². The van der Waals surface area contributed by atoms with Gasteiger partial charge in [-0.15, -0.1) is 0 Å².